The van der Waals surface area contributed by atoms with Crippen LogP contribution in [0.1, 0.15) is 6.42 Å². The molecule has 0 bridgehead atoms. The average molecular weight is 211 g/mol. The van der Waals surface area contributed by atoms with Gasteiger partial charge in [-0.15, -0.1) is 18.3 Å². The minimum absolute atomic E-state index is 0.127. The molecular formula is C11H14FNS. The monoisotopic (exact) mass is 211 g/mol. The molecule has 2 N–H and O–H groups in total. The molecule has 0 aliphatic rings. The summed E-state index contributed by atoms with van der Waals surface area (Å²) >= 11 is 1.64. The molecule has 1 nitrogen and oxygen atoms in total. The minimum atomic E-state index is -0.204. The molecule has 0 aliphatic carbocycles. The second-order valence-corrected chi connectivity index (χ2v) is 4.14. The zero-order valence-corrected chi connectivity index (χ0v) is 8.77. The predicted octanol–water partition coefficient (Wildman–Crippen LogP) is 2.82. The van der Waals surface area contributed by atoms with E-state index in [0.29, 0.717) is 0 Å². The van der Waals surface area contributed by atoms with Gasteiger partial charge in [0, 0.05) is 16.7 Å². The van der Waals surface area contributed by atoms with Gasteiger partial charge >= 0.3 is 0 Å². The third-order valence-electron chi connectivity index (χ3n) is 1.75. The highest BCUT2D eigenvalue weighted by Gasteiger charge is 2.01. The zero-order chi connectivity index (χ0) is 10.4. The molecule has 1 aromatic carbocycles. The summed E-state index contributed by atoms with van der Waals surface area (Å²) < 4.78 is 12.6. The van der Waals surface area contributed by atoms with Gasteiger partial charge in [0.05, 0.1) is 0 Å². The van der Waals surface area contributed by atoms with Crippen LogP contribution in [0.2, 0.25) is 0 Å². The molecule has 0 spiro atoms. The van der Waals surface area contributed by atoms with Crippen molar-refractivity contribution in [3.8, 4) is 0 Å². The highest BCUT2D eigenvalue weighted by atomic mass is 32.2. The fourth-order valence-electron chi connectivity index (χ4n) is 1.02. The van der Waals surface area contributed by atoms with Gasteiger partial charge in [0.25, 0.3) is 0 Å². The molecule has 0 saturated carbocycles. The van der Waals surface area contributed by atoms with E-state index < -0.39 is 0 Å². The summed E-state index contributed by atoms with van der Waals surface area (Å²) in [5.74, 6) is 0.627. The second-order valence-electron chi connectivity index (χ2n) is 3.05. The number of thioether (sulfide) groups is 1. The van der Waals surface area contributed by atoms with Crippen molar-refractivity contribution in [2.24, 2.45) is 5.73 Å². The van der Waals surface area contributed by atoms with Gasteiger partial charge in [-0.25, -0.2) is 4.39 Å². The van der Waals surface area contributed by atoms with E-state index in [1.165, 1.54) is 12.1 Å². The summed E-state index contributed by atoms with van der Waals surface area (Å²) in [4.78, 5) is 1.05. The largest absolute Gasteiger partial charge is 0.327 e. The first kappa shape index (κ1) is 11.3. The van der Waals surface area contributed by atoms with Gasteiger partial charge in [0.2, 0.25) is 0 Å². The molecule has 76 valence electrons. The molecule has 0 fully saturated rings. The van der Waals surface area contributed by atoms with Gasteiger partial charge in [0.15, 0.2) is 0 Å². The van der Waals surface area contributed by atoms with E-state index in [4.69, 9.17) is 5.73 Å². The van der Waals surface area contributed by atoms with Crippen LogP contribution in [0.3, 0.4) is 0 Å². The summed E-state index contributed by atoms with van der Waals surface area (Å²) in [5, 5.41) is 0. The summed E-state index contributed by atoms with van der Waals surface area (Å²) in [7, 11) is 0. The first-order valence-corrected chi connectivity index (χ1v) is 5.46. The van der Waals surface area contributed by atoms with E-state index in [1.54, 1.807) is 23.9 Å². The Kier molecular flexibility index (Phi) is 4.70. The predicted molar refractivity (Wildman–Crippen MR) is 59.9 cm³/mol. The first-order chi connectivity index (χ1) is 6.72. The van der Waals surface area contributed by atoms with Gasteiger partial charge in [-0.3, -0.25) is 0 Å². The lowest BCUT2D eigenvalue weighted by molar-refractivity contribution is 0.626. The normalized spacial score (nSPS) is 12.4. The molecule has 0 amide bonds. The van der Waals surface area contributed by atoms with Crippen LogP contribution < -0.4 is 5.73 Å². The second kappa shape index (κ2) is 5.83. The molecule has 0 aromatic heterocycles. The van der Waals surface area contributed by atoms with Gasteiger partial charge in [-0.05, 0) is 30.7 Å². The van der Waals surface area contributed by atoms with Crippen LogP contribution in [-0.4, -0.2) is 11.8 Å². The van der Waals surface area contributed by atoms with E-state index in [0.717, 1.165) is 17.1 Å². The van der Waals surface area contributed by atoms with Gasteiger partial charge in [-0.2, -0.15) is 0 Å². The van der Waals surface area contributed by atoms with Crippen LogP contribution in [0, 0.1) is 5.82 Å². The third-order valence-corrected chi connectivity index (χ3v) is 2.95. The minimum Gasteiger partial charge on any atom is -0.327 e. The Morgan fingerprint density at radius 3 is 2.64 bits per heavy atom. The lowest BCUT2D eigenvalue weighted by Gasteiger charge is -2.07. The Bertz CT molecular complexity index is 284. The highest BCUT2D eigenvalue weighted by Crippen LogP contribution is 2.19. The maximum Gasteiger partial charge on any atom is 0.123 e. The Balaban J connectivity index is 2.37. The van der Waals surface area contributed by atoms with Gasteiger partial charge in [0.1, 0.15) is 5.82 Å². The molecule has 0 radical (unpaired) electrons. The lowest BCUT2D eigenvalue weighted by Crippen LogP contribution is -2.21. The van der Waals surface area contributed by atoms with Crippen molar-refractivity contribution < 1.29 is 4.39 Å². The Labute approximate surface area is 88.2 Å². The molecule has 0 heterocycles. The van der Waals surface area contributed by atoms with Crippen LogP contribution in [0.15, 0.2) is 41.8 Å². The van der Waals surface area contributed by atoms with E-state index in [9.17, 15) is 4.39 Å². The van der Waals surface area contributed by atoms with Crippen molar-refractivity contribution in [3.63, 3.8) is 0 Å². The molecule has 1 aromatic rings. The smallest absolute Gasteiger partial charge is 0.123 e. The van der Waals surface area contributed by atoms with Gasteiger partial charge in [-0.1, -0.05) is 6.08 Å². The standard InChI is InChI=1S/C11H14FNS/c1-2-3-10(13)8-14-11-6-4-9(12)5-7-11/h2,4-7,10H,1,3,8,13H2. The molecule has 1 atom stereocenters. The average Bonchev–Trinajstić information content (AvgIpc) is 2.17. The van der Waals surface area contributed by atoms with Crippen molar-refractivity contribution in [2.75, 3.05) is 5.75 Å². The van der Waals surface area contributed by atoms with E-state index >= 15 is 0 Å². The summed E-state index contributed by atoms with van der Waals surface area (Å²) in [5.41, 5.74) is 5.80. The van der Waals surface area contributed by atoms with Crippen LogP contribution >= 0.6 is 11.8 Å². The van der Waals surface area contributed by atoms with Crippen molar-refractivity contribution in [3.05, 3.63) is 42.7 Å². The molecule has 0 aliphatic heterocycles. The first-order valence-electron chi connectivity index (χ1n) is 4.47. The Morgan fingerprint density at radius 2 is 2.07 bits per heavy atom. The number of hydrogen-bond acceptors (Lipinski definition) is 2. The zero-order valence-electron chi connectivity index (χ0n) is 7.95. The molecule has 1 unspecified atom stereocenters. The van der Waals surface area contributed by atoms with Crippen molar-refractivity contribution in [1.82, 2.24) is 0 Å². The Hall–Kier alpha value is -0.800. The van der Waals surface area contributed by atoms with Crippen LogP contribution in [0.25, 0.3) is 0 Å². The summed E-state index contributed by atoms with van der Waals surface area (Å²) in [6, 6.07) is 6.58. The fourth-order valence-corrected chi connectivity index (χ4v) is 1.89. The quantitative estimate of drug-likeness (QED) is 0.598. The SMILES string of the molecule is C=CCC(N)CSc1ccc(F)cc1. The molecular weight excluding hydrogens is 197 g/mol. The molecule has 14 heavy (non-hydrogen) atoms. The van der Waals surface area contributed by atoms with E-state index in [1.807, 2.05) is 6.08 Å². The van der Waals surface area contributed by atoms with Crippen molar-refractivity contribution in [2.45, 2.75) is 17.4 Å². The number of hydrogen-bond donors (Lipinski definition) is 1. The Morgan fingerprint density at radius 1 is 1.43 bits per heavy atom. The van der Waals surface area contributed by atoms with Crippen molar-refractivity contribution in [1.29, 1.82) is 0 Å². The summed E-state index contributed by atoms with van der Waals surface area (Å²) in [6.45, 7) is 3.63. The maximum atomic E-state index is 12.6. The number of benzene rings is 1. The maximum absolute atomic E-state index is 12.6. The molecule has 3 heteroatoms. The topological polar surface area (TPSA) is 26.0 Å². The number of nitrogens with two attached hydrogens (primary N) is 1. The molecule has 0 saturated heterocycles. The van der Waals surface area contributed by atoms with Crippen LogP contribution in [0.4, 0.5) is 4.39 Å². The summed E-state index contributed by atoms with van der Waals surface area (Å²) in [6.07, 6.45) is 2.63. The van der Waals surface area contributed by atoms with Crippen molar-refractivity contribution >= 4 is 11.8 Å². The van der Waals surface area contributed by atoms with Crippen LogP contribution in [-0.2, 0) is 0 Å². The van der Waals surface area contributed by atoms with E-state index in [-0.39, 0.29) is 11.9 Å². The fraction of sp³-hybridized carbons (Fsp3) is 0.273. The lowest BCUT2D eigenvalue weighted by atomic mass is 10.2. The molecule has 1 rings (SSSR count). The van der Waals surface area contributed by atoms with Gasteiger partial charge < -0.3 is 5.73 Å². The van der Waals surface area contributed by atoms with E-state index in [2.05, 4.69) is 6.58 Å². The highest BCUT2D eigenvalue weighted by molar-refractivity contribution is 7.99. The van der Waals surface area contributed by atoms with Crippen LogP contribution in [0.5, 0.6) is 0 Å². The number of halogens is 1. The third kappa shape index (κ3) is 3.94. The number of rotatable bonds is 5.